The van der Waals surface area contributed by atoms with Crippen LogP contribution in [0.25, 0.3) is 0 Å². The number of carbonyl (C=O) groups excluding carboxylic acids is 1. The molecule has 51 heavy (non-hydrogen) atoms. The molecule has 0 spiro atoms. The van der Waals surface area contributed by atoms with E-state index in [0.717, 1.165) is 19.7 Å². The van der Waals surface area contributed by atoms with Crippen LogP contribution in [0.3, 0.4) is 0 Å². The van der Waals surface area contributed by atoms with E-state index < -0.39 is 10.4 Å². The topological polar surface area (TPSA) is 113 Å². The van der Waals surface area contributed by atoms with Crippen molar-refractivity contribution < 1.29 is 32.0 Å². The molecule has 1 saturated heterocycles. The van der Waals surface area contributed by atoms with Gasteiger partial charge in [-0.1, -0.05) is 194 Å². The van der Waals surface area contributed by atoms with Crippen molar-refractivity contribution in [2.45, 2.75) is 232 Å². The number of carbonyl (C=O) groups is 1. The summed E-state index contributed by atoms with van der Waals surface area (Å²) in [7, 11) is -1.33. The third-order valence-electron chi connectivity index (χ3n) is 10.1. The fourth-order valence-corrected chi connectivity index (χ4v) is 6.75. The van der Waals surface area contributed by atoms with Crippen LogP contribution in [-0.2, 0) is 24.1 Å². The number of quaternary nitrogens is 1. The predicted molar refractivity (Wildman–Crippen MR) is 216 cm³/mol. The summed E-state index contributed by atoms with van der Waals surface area (Å²) >= 11 is 0. The molecule has 0 saturated carbocycles. The number of rotatable bonds is 34. The smallest absolute Gasteiger partial charge is 0.305 e. The average Bonchev–Trinajstić information content (AvgIpc) is 3.52. The predicted octanol–water partition coefficient (Wildman–Crippen LogP) is 11.0. The van der Waals surface area contributed by atoms with Gasteiger partial charge in [-0.3, -0.25) is 13.9 Å². The first-order chi connectivity index (χ1) is 24.7. The van der Waals surface area contributed by atoms with Crippen LogP contribution in [0.5, 0.6) is 0 Å². The van der Waals surface area contributed by atoms with Gasteiger partial charge in [0.15, 0.2) is 0 Å². The Bertz CT molecular complexity index is 798. The van der Waals surface area contributed by atoms with Crippen LogP contribution in [-0.4, -0.2) is 63.9 Å². The number of hydrogen-bond acceptors (Lipinski definition) is 7. The lowest BCUT2D eigenvalue weighted by atomic mass is 10.0. The van der Waals surface area contributed by atoms with E-state index in [9.17, 15) is 17.8 Å². The molecule has 0 aromatic carbocycles. The number of likely N-dealkylation sites (N-methyl/N-ethyl adjacent to an activating group) is 1. The summed E-state index contributed by atoms with van der Waals surface area (Å²) in [6.45, 7) is 9.54. The van der Waals surface area contributed by atoms with Gasteiger partial charge in [-0.15, -0.1) is 0 Å². The minimum Gasteiger partial charge on any atom is -0.726 e. The van der Waals surface area contributed by atoms with Crippen molar-refractivity contribution in [3.8, 4) is 0 Å². The van der Waals surface area contributed by atoms with E-state index in [1.165, 1.54) is 206 Å². The van der Waals surface area contributed by atoms with Gasteiger partial charge in [-0.25, -0.2) is 8.42 Å². The summed E-state index contributed by atoms with van der Waals surface area (Å²) in [6, 6.07) is 0. The molecule has 1 unspecified atom stereocenters. The first kappa shape index (κ1) is 52.4. The Kier molecular flexibility index (Phi) is 43.1. The molecule has 0 aromatic rings. The van der Waals surface area contributed by atoms with Gasteiger partial charge in [0.2, 0.25) is 10.4 Å². The molecule has 0 radical (unpaired) electrons. The summed E-state index contributed by atoms with van der Waals surface area (Å²) in [5, 5.41) is 2.52. The van der Waals surface area contributed by atoms with Gasteiger partial charge in [-0.05, 0) is 26.8 Å². The Morgan fingerprint density at radius 2 is 0.922 bits per heavy atom. The Morgan fingerprint density at radius 1 is 0.608 bits per heavy atom. The lowest BCUT2D eigenvalue weighted by Crippen LogP contribution is -2.88. The van der Waals surface area contributed by atoms with Crippen molar-refractivity contribution in [3.63, 3.8) is 0 Å². The molecule has 8 nitrogen and oxygen atoms in total. The second-order valence-electron chi connectivity index (χ2n) is 14.9. The first-order valence-corrected chi connectivity index (χ1v) is 23.3. The molecule has 9 heteroatoms. The van der Waals surface area contributed by atoms with E-state index in [4.69, 9.17) is 4.74 Å². The number of unbranched alkanes of at least 4 members (excludes halogenated alkanes) is 28. The van der Waals surface area contributed by atoms with Crippen LogP contribution in [0.2, 0.25) is 0 Å². The fraction of sp³-hybridized carbons (Fsp3) is 0.976. The van der Waals surface area contributed by atoms with Crippen LogP contribution in [0.4, 0.5) is 0 Å². The summed E-state index contributed by atoms with van der Waals surface area (Å²) in [5.41, 5.74) is 0. The molecule has 2 N–H and O–H groups in total. The van der Waals surface area contributed by atoms with Gasteiger partial charge in [-0.2, -0.15) is 0 Å². The Balaban J connectivity index is 0. The van der Waals surface area contributed by atoms with Crippen LogP contribution < -0.4 is 5.32 Å². The zero-order chi connectivity index (χ0) is 38.1. The molecule has 1 rings (SSSR count). The molecule has 0 aromatic heterocycles. The van der Waals surface area contributed by atoms with E-state index in [-0.39, 0.29) is 5.97 Å². The second-order valence-corrected chi connectivity index (χ2v) is 16.0. The molecule has 0 aliphatic carbocycles. The Labute approximate surface area is 318 Å². The van der Waals surface area contributed by atoms with Gasteiger partial charge in [0.05, 0.1) is 26.8 Å². The number of hydrogen-bond donors (Lipinski definition) is 1. The third-order valence-corrected chi connectivity index (χ3v) is 10.5. The van der Waals surface area contributed by atoms with E-state index in [2.05, 4.69) is 35.3 Å². The second kappa shape index (κ2) is 42.0. The van der Waals surface area contributed by atoms with Crippen LogP contribution in [0.1, 0.15) is 226 Å². The van der Waals surface area contributed by atoms with Gasteiger partial charge in [0, 0.05) is 12.8 Å². The molecule has 1 heterocycles. The van der Waals surface area contributed by atoms with E-state index in [1.54, 1.807) is 0 Å². The zero-order valence-electron chi connectivity index (χ0n) is 34.7. The highest BCUT2D eigenvalue weighted by atomic mass is 32.3. The lowest BCUT2D eigenvalue weighted by molar-refractivity contribution is -0.680. The molecule has 0 bridgehead atoms. The zero-order valence-corrected chi connectivity index (χ0v) is 35.5. The summed E-state index contributed by atoms with van der Waals surface area (Å²) in [6.07, 6.45) is 45.1. The van der Waals surface area contributed by atoms with Crippen molar-refractivity contribution in [2.24, 2.45) is 0 Å². The van der Waals surface area contributed by atoms with E-state index in [1.807, 2.05) is 6.92 Å². The molecule has 0 amide bonds. The average molecular weight is 749 g/mol. The quantitative estimate of drug-likeness (QED) is 0.0302. The minimum atomic E-state index is -4.41. The highest BCUT2D eigenvalue weighted by Crippen LogP contribution is 2.15. The minimum absolute atomic E-state index is 0.0304. The largest absolute Gasteiger partial charge is 0.726 e. The van der Waals surface area contributed by atoms with Gasteiger partial charge in [0.1, 0.15) is 6.17 Å². The van der Waals surface area contributed by atoms with Crippen molar-refractivity contribution in [2.75, 3.05) is 33.9 Å². The molecule has 1 atom stereocenters. The normalized spacial score (nSPS) is 14.5. The molecule has 1 aliphatic heterocycles. The number of nitrogens with zero attached hydrogens (tertiary/aromatic N) is 1. The maximum Gasteiger partial charge on any atom is 0.305 e. The van der Waals surface area contributed by atoms with Gasteiger partial charge < -0.3 is 14.6 Å². The SMILES string of the molecule is CCCCCCCCCCCCCCCCCC(=O)OCC.CCCCCCCCCCCCCCCCCC1[NH2+]CCN1C.COS(=O)(=O)[O-]. The van der Waals surface area contributed by atoms with Crippen LogP contribution in [0.15, 0.2) is 0 Å². The first-order valence-electron chi connectivity index (χ1n) is 21.9. The summed E-state index contributed by atoms with van der Waals surface area (Å²) in [4.78, 5) is 13.7. The summed E-state index contributed by atoms with van der Waals surface area (Å²) in [5.74, 6) is -0.0304. The Morgan fingerprint density at radius 3 is 1.20 bits per heavy atom. The summed E-state index contributed by atoms with van der Waals surface area (Å²) < 4.78 is 35.9. The van der Waals surface area contributed by atoms with Crippen LogP contribution >= 0.6 is 0 Å². The van der Waals surface area contributed by atoms with Crippen molar-refractivity contribution in [3.05, 3.63) is 0 Å². The van der Waals surface area contributed by atoms with Crippen LogP contribution in [0, 0.1) is 0 Å². The molecule has 1 fully saturated rings. The van der Waals surface area contributed by atoms with E-state index >= 15 is 0 Å². The van der Waals surface area contributed by atoms with Crippen molar-refractivity contribution in [1.29, 1.82) is 0 Å². The van der Waals surface area contributed by atoms with E-state index in [0.29, 0.717) is 13.0 Å². The van der Waals surface area contributed by atoms with Gasteiger partial charge in [0.25, 0.3) is 0 Å². The maximum absolute atomic E-state index is 11.2. The van der Waals surface area contributed by atoms with Gasteiger partial charge >= 0.3 is 5.97 Å². The standard InChI is InChI=1S/C21H44N2.C20H40O2.CH4O4S/c1-3-4-5-6-7-8-9-10-11-12-13-14-15-16-17-18-21-22-19-20-23(21)2;1-3-5-6-7-8-9-10-11-12-13-14-15-16-17-18-19-20(21)22-4-2;1-5-6(2,3)4/h21-22H,3-20H2,1-2H3;3-19H2,1-2H3;1H3,(H,2,3,4). The fourth-order valence-electron chi connectivity index (χ4n) is 6.75. The van der Waals surface area contributed by atoms with Crippen molar-refractivity contribution in [1.82, 2.24) is 4.90 Å². The molecular formula is C42H88N2O6S. The number of nitrogens with two attached hydrogens (primary N) is 1. The molecular weight excluding hydrogens is 661 g/mol. The highest BCUT2D eigenvalue weighted by Gasteiger charge is 2.22. The lowest BCUT2D eigenvalue weighted by Gasteiger charge is -2.14. The molecule has 1 aliphatic rings. The van der Waals surface area contributed by atoms with Crippen molar-refractivity contribution >= 4 is 16.4 Å². The highest BCUT2D eigenvalue weighted by molar-refractivity contribution is 7.80. The third kappa shape index (κ3) is 45.3. The molecule has 308 valence electrons. The monoisotopic (exact) mass is 749 g/mol. The Hall–Kier alpha value is -0.740. The number of esters is 1. The number of ether oxygens (including phenoxy) is 1. The maximum atomic E-state index is 11.2.